The molecule has 0 aliphatic carbocycles. The number of nitrogens with two attached hydrogens (primary N) is 1. The van der Waals surface area contributed by atoms with Crippen molar-refractivity contribution in [3.05, 3.63) is 71.3 Å². The summed E-state index contributed by atoms with van der Waals surface area (Å²) in [4.78, 5) is 4.87. The number of halogens is 2. The summed E-state index contributed by atoms with van der Waals surface area (Å²) in [5, 5.41) is 0. The number of hydrogen-bond acceptors (Lipinski definition) is 3. The van der Waals surface area contributed by atoms with Gasteiger partial charge in [0.05, 0.1) is 6.04 Å². The molecule has 1 aliphatic rings. The van der Waals surface area contributed by atoms with Crippen LogP contribution in [0.25, 0.3) is 0 Å². The van der Waals surface area contributed by atoms with Gasteiger partial charge in [-0.05, 0) is 61.3 Å². The number of rotatable bonds is 7. The molecule has 5 heteroatoms. The fraction of sp³-hybridized carbons (Fsp3) is 0.429. The average molecular weight is 359 g/mol. The second kappa shape index (κ2) is 9.21. The highest BCUT2D eigenvalue weighted by molar-refractivity contribution is 5.32. The number of unbranched alkanes of at least 4 members (excludes halogenated alkanes) is 1. The normalized spacial score (nSPS) is 16.3. The summed E-state index contributed by atoms with van der Waals surface area (Å²) in [5.74, 6) is -0.479. The van der Waals surface area contributed by atoms with Crippen LogP contribution >= 0.6 is 0 Å². The molecule has 3 nitrogen and oxygen atoms in total. The predicted molar refractivity (Wildman–Crippen MR) is 101 cm³/mol. The molecule has 1 fully saturated rings. The first-order valence-electron chi connectivity index (χ1n) is 9.35. The maximum absolute atomic E-state index is 13.4. The van der Waals surface area contributed by atoms with Crippen molar-refractivity contribution < 1.29 is 8.78 Å². The van der Waals surface area contributed by atoms with Gasteiger partial charge in [0, 0.05) is 26.2 Å². The summed E-state index contributed by atoms with van der Waals surface area (Å²) >= 11 is 0. The Kier molecular flexibility index (Phi) is 6.72. The molecule has 26 heavy (non-hydrogen) atoms. The van der Waals surface area contributed by atoms with Crippen molar-refractivity contribution in [1.82, 2.24) is 9.80 Å². The molecule has 3 rings (SSSR count). The molecule has 1 heterocycles. The van der Waals surface area contributed by atoms with Crippen LogP contribution in [0.1, 0.15) is 30.0 Å². The molecule has 0 saturated carbocycles. The van der Waals surface area contributed by atoms with E-state index < -0.39 is 0 Å². The van der Waals surface area contributed by atoms with Crippen LogP contribution in [0, 0.1) is 11.6 Å². The van der Waals surface area contributed by atoms with Crippen molar-refractivity contribution in [3.8, 4) is 0 Å². The molecule has 1 aliphatic heterocycles. The minimum Gasteiger partial charge on any atom is -0.330 e. The molecule has 0 radical (unpaired) electrons. The van der Waals surface area contributed by atoms with E-state index in [1.807, 2.05) is 24.3 Å². The van der Waals surface area contributed by atoms with E-state index in [-0.39, 0.29) is 17.7 Å². The highest BCUT2D eigenvalue weighted by atomic mass is 19.1. The number of nitrogens with zero attached hydrogens (tertiary/aromatic N) is 2. The van der Waals surface area contributed by atoms with Crippen LogP contribution < -0.4 is 5.73 Å². The molecule has 0 aromatic heterocycles. The van der Waals surface area contributed by atoms with Crippen LogP contribution in [-0.4, -0.2) is 49.1 Å². The molecule has 0 atom stereocenters. The van der Waals surface area contributed by atoms with Gasteiger partial charge in [0.25, 0.3) is 0 Å². The highest BCUT2D eigenvalue weighted by Gasteiger charge is 2.26. The minimum atomic E-state index is -0.240. The van der Waals surface area contributed by atoms with E-state index in [1.165, 1.54) is 24.3 Å². The second-order valence-corrected chi connectivity index (χ2v) is 6.88. The van der Waals surface area contributed by atoms with Crippen LogP contribution in [0.2, 0.25) is 0 Å². The molecule has 0 spiro atoms. The molecule has 0 unspecified atom stereocenters. The fourth-order valence-corrected chi connectivity index (χ4v) is 3.63. The Morgan fingerprint density at radius 3 is 1.73 bits per heavy atom. The summed E-state index contributed by atoms with van der Waals surface area (Å²) in [5.41, 5.74) is 7.65. The molecular formula is C21H27F2N3. The topological polar surface area (TPSA) is 32.5 Å². The summed E-state index contributed by atoms with van der Waals surface area (Å²) in [6.45, 7) is 5.71. The van der Waals surface area contributed by atoms with Gasteiger partial charge < -0.3 is 10.6 Å². The van der Waals surface area contributed by atoms with E-state index in [1.54, 1.807) is 0 Å². The lowest BCUT2D eigenvalue weighted by Crippen LogP contribution is -2.48. The average Bonchev–Trinajstić information content (AvgIpc) is 2.66. The van der Waals surface area contributed by atoms with Gasteiger partial charge in [-0.15, -0.1) is 0 Å². The van der Waals surface area contributed by atoms with Gasteiger partial charge in [-0.1, -0.05) is 24.3 Å². The lowest BCUT2D eigenvalue weighted by Gasteiger charge is -2.39. The third kappa shape index (κ3) is 4.87. The number of piperazine rings is 1. The van der Waals surface area contributed by atoms with Gasteiger partial charge in [0.2, 0.25) is 0 Å². The van der Waals surface area contributed by atoms with E-state index in [0.29, 0.717) is 0 Å². The van der Waals surface area contributed by atoms with Crippen molar-refractivity contribution in [2.45, 2.75) is 18.9 Å². The second-order valence-electron chi connectivity index (χ2n) is 6.88. The van der Waals surface area contributed by atoms with Gasteiger partial charge in [-0.25, -0.2) is 8.78 Å². The summed E-state index contributed by atoms with van der Waals surface area (Å²) < 4.78 is 26.7. The Bertz CT molecular complexity index is 619. The zero-order valence-corrected chi connectivity index (χ0v) is 15.1. The first kappa shape index (κ1) is 19.0. The molecule has 2 N–H and O–H groups in total. The van der Waals surface area contributed by atoms with Crippen LogP contribution in [0.5, 0.6) is 0 Å². The van der Waals surface area contributed by atoms with E-state index >= 15 is 0 Å². The molecule has 140 valence electrons. The van der Waals surface area contributed by atoms with Crippen molar-refractivity contribution in [3.63, 3.8) is 0 Å². The molecule has 2 aromatic rings. The van der Waals surface area contributed by atoms with Crippen LogP contribution in [-0.2, 0) is 0 Å². The van der Waals surface area contributed by atoms with Gasteiger partial charge >= 0.3 is 0 Å². The lowest BCUT2D eigenvalue weighted by molar-refractivity contribution is 0.108. The van der Waals surface area contributed by atoms with Crippen molar-refractivity contribution in [2.24, 2.45) is 5.73 Å². The molecular weight excluding hydrogens is 332 g/mol. The van der Waals surface area contributed by atoms with Crippen molar-refractivity contribution >= 4 is 0 Å². The van der Waals surface area contributed by atoms with Gasteiger partial charge in [-0.2, -0.15) is 0 Å². The largest absolute Gasteiger partial charge is 0.330 e. The van der Waals surface area contributed by atoms with Crippen LogP contribution in [0.15, 0.2) is 48.5 Å². The molecule has 2 aromatic carbocycles. The number of benzene rings is 2. The van der Waals surface area contributed by atoms with Crippen LogP contribution in [0.3, 0.4) is 0 Å². The molecule has 0 bridgehead atoms. The standard InChI is InChI=1S/C21H27F2N3/c22-19-7-3-17(4-8-19)21(18-5-9-20(23)10-6-18)26-15-13-25(14-16-26)12-2-1-11-24/h3-10,21H,1-2,11-16,24H2. The molecule has 0 amide bonds. The van der Waals surface area contributed by atoms with Crippen molar-refractivity contribution in [1.29, 1.82) is 0 Å². The first-order chi connectivity index (χ1) is 12.7. The Balaban J connectivity index is 1.74. The van der Waals surface area contributed by atoms with E-state index in [0.717, 1.165) is 63.2 Å². The van der Waals surface area contributed by atoms with E-state index in [4.69, 9.17) is 5.73 Å². The first-order valence-corrected chi connectivity index (χ1v) is 9.35. The lowest BCUT2D eigenvalue weighted by atomic mass is 9.96. The van der Waals surface area contributed by atoms with E-state index in [9.17, 15) is 8.78 Å². The Hall–Kier alpha value is -1.82. The third-order valence-corrected chi connectivity index (χ3v) is 5.07. The monoisotopic (exact) mass is 359 g/mol. The van der Waals surface area contributed by atoms with Gasteiger partial charge in [-0.3, -0.25) is 4.90 Å². The quantitative estimate of drug-likeness (QED) is 0.769. The van der Waals surface area contributed by atoms with E-state index in [2.05, 4.69) is 9.80 Å². The Morgan fingerprint density at radius 1 is 0.769 bits per heavy atom. The van der Waals surface area contributed by atoms with Crippen LogP contribution in [0.4, 0.5) is 8.78 Å². The Labute approximate surface area is 154 Å². The fourth-order valence-electron chi connectivity index (χ4n) is 3.63. The smallest absolute Gasteiger partial charge is 0.123 e. The Morgan fingerprint density at radius 2 is 1.27 bits per heavy atom. The minimum absolute atomic E-state index is 0.0161. The zero-order chi connectivity index (χ0) is 18.4. The summed E-state index contributed by atoms with van der Waals surface area (Å²) in [6.07, 6.45) is 2.20. The predicted octanol–water partition coefficient (Wildman–Crippen LogP) is 3.41. The number of hydrogen-bond donors (Lipinski definition) is 1. The highest BCUT2D eigenvalue weighted by Crippen LogP contribution is 2.30. The third-order valence-electron chi connectivity index (χ3n) is 5.07. The molecule has 1 saturated heterocycles. The van der Waals surface area contributed by atoms with Gasteiger partial charge in [0.1, 0.15) is 11.6 Å². The maximum Gasteiger partial charge on any atom is 0.123 e. The summed E-state index contributed by atoms with van der Waals surface area (Å²) in [6, 6.07) is 13.3. The summed E-state index contributed by atoms with van der Waals surface area (Å²) in [7, 11) is 0. The zero-order valence-electron chi connectivity index (χ0n) is 15.1. The maximum atomic E-state index is 13.4. The van der Waals surface area contributed by atoms with Crippen molar-refractivity contribution in [2.75, 3.05) is 39.3 Å². The van der Waals surface area contributed by atoms with Gasteiger partial charge in [0.15, 0.2) is 0 Å². The SMILES string of the molecule is NCCCCN1CCN(C(c2ccc(F)cc2)c2ccc(F)cc2)CC1.